The van der Waals surface area contributed by atoms with Gasteiger partial charge in [0, 0.05) is 5.56 Å². The average molecular weight is 436 g/mol. The molecule has 0 bridgehead atoms. The van der Waals surface area contributed by atoms with Crippen molar-refractivity contribution in [1.82, 2.24) is 10.7 Å². The Balaban J connectivity index is 1.86. The Morgan fingerprint density at radius 2 is 1.89 bits per heavy atom. The first-order valence-corrected chi connectivity index (χ1v) is 8.54. The van der Waals surface area contributed by atoms with Gasteiger partial charge in [0.1, 0.15) is 5.75 Å². The number of hydrogen-bond acceptors (Lipinski definition) is 6. The molecule has 27 heavy (non-hydrogen) atoms. The molecule has 142 valence electrons. The number of carbonyl (C=O) groups excluding carboxylic acids is 2. The van der Waals surface area contributed by atoms with Crippen LogP contribution >= 0.6 is 15.9 Å². The molecule has 0 atom stereocenters. The maximum Gasteiger partial charge on any atom is 0.259 e. The van der Waals surface area contributed by atoms with Crippen molar-refractivity contribution in [2.75, 3.05) is 20.8 Å². The van der Waals surface area contributed by atoms with Crippen LogP contribution in [0.1, 0.15) is 15.9 Å². The molecule has 0 saturated carbocycles. The molecule has 0 fully saturated rings. The van der Waals surface area contributed by atoms with E-state index in [0.29, 0.717) is 27.1 Å². The van der Waals surface area contributed by atoms with Crippen LogP contribution < -0.4 is 20.2 Å². The Hall–Kier alpha value is -3.07. The zero-order valence-electron chi connectivity index (χ0n) is 14.7. The summed E-state index contributed by atoms with van der Waals surface area (Å²) in [5.41, 5.74) is 3.31. The van der Waals surface area contributed by atoms with Crippen molar-refractivity contribution in [2.45, 2.75) is 0 Å². The summed E-state index contributed by atoms with van der Waals surface area (Å²) in [4.78, 5) is 23.9. The highest BCUT2D eigenvalue weighted by Gasteiger charge is 2.11. The lowest BCUT2D eigenvalue weighted by Crippen LogP contribution is -2.34. The van der Waals surface area contributed by atoms with Gasteiger partial charge in [-0.25, -0.2) is 5.43 Å². The van der Waals surface area contributed by atoms with Gasteiger partial charge in [-0.1, -0.05) is 0 Å². The van der Waals surface area contributed by atoms with E-state index >= 15 is 0 Å². The molecule has 3 N–H and O–H groups in total. The molecule has 0 aliphatic carbocycles. The number of halogens is 1. The lowest BCUT2D eigenvalue weighted by atomic mass is 10.2. The first kappa shape index (κ1) is 20.2. The van der Waals surface area contributed by atoms with E-state index in [1.807, 2.05) is 0 Å². The lowest BCUT2D eigenvalue weighted by Gasteiger charge is -2.09. The Bertz CT molecular complexity index is 870. The number of hydrogen-bond donors (Lipinski definition) is 3. The normalized spacial score (nSPS) is 10.5. The van der Waals surface area contributed by atoms with Crippen molar-refractivity contribution in [2.24, 2.45) is 5.10 Å². The van der Waals surface area contributed by atoms with Crippen LogP contribution in [-0.4, -0.2) is 43.9 Å². The number of carbonyl (C=O) groups is 2. The van der Waals surface area contributed by atoms with E-state index in [2.05, 4.69) is 31.8 Å². The zero-order valence-corrected chi connectivity index (χ0v) is 16.2. The molecule has 0 aliphatic heterocycles. The molecular formula is C18H18BrN3O5. The quantitative estimate of drug-likeness (QED) is 0.455. The molecule has 0 aromatic heterocycles. The van der Waals surface area contributed by atoms with Crippen molar-refractivity contribution >= 4 is 34.0 Å². The Kier molecular flexibility index (Phi) is 7.18. The van der Waals surface area contributed by atoms with Crippen LogP contribution in [0.25, 0.3) is 0 Å². The summed E-state index contributed by atoms with van der Waals surface area (Å²) in [7, 11) is 2.97. The number of methoxy groups -OCH3 is 2. The number of amides is 2. The number of phenolic OH excluding ortho intramolecular Hbond substituents is 1. The highest BCUT2D eigenvalue weighted by atomic mass is 79.9. The molecule has 9 heteroatoms. The number of ether oxygens (including phenoxy) is 2. The van der Waals surface area contributed by atoms with E-state index in [0.717, 1.165) is 0 Å². The number of phenols is 1. The maximum atomic E-state index is 12.1. The molecule has 0 unspecified atom stereocenters. The fourth-order valence-corrected chi connectivity index (χ4v) is 2.46. The molecule has 2 aromatic carbocycles. The summed E-state index contributed by atoms with van der Waals surface area (Å²) in [6.07, 6.45) is 1.41. The minimum absolute atomic E-state index is 0.106. The minimum atomic E-state index is -0.488. The Labute approximate surface area is 164 Å². The van der Waals surface area contributed by atoms with Crippen molar-refractivity contribution in [3.05, 3.63) is 52.0 Å². The van der Waals surface area contributed by atoms with Crippen molar-refractivity contribution < 1.29 is 24.2 Å². The van der Waals surface area contributed by atoms with Gasteiger partial charge in [-0.15, -0.1) is 0 Å². The topological polar surface area (TPSA) is 109 Å². The number of rotatable bonds is 7. The number of nitrogens with one attached hydrogen (secondary N) is 2. The molecule has 8 nitrogen and oxygen atoms in total. The second-order valence-corrected chi connectivity index (χ2v) is 6.11. The number of hydrazone groups is 1. The smallest absolute Gasteiger partial charge is 0.259 e. The first-order chi connectivity index (χ1) is 12.9. The third-order valence-corrected chi connectivity index (χ3v) is 4.06. The SMILES string of the molecule is COc1ccc(C(=O)NCC(=O)NN=Cc2ccc(O)c(Br)c2)cc1OC. The predicted octanol–water partition coefficient (Wildman–Crippen LogP) is 2.05. The molecule has 0 aliphatic rings. The second kappa shape index (κ2) is 9.58. The molecule has 2 amide bonds. The number of nitrogens with zero attached hydrogens (tertiary/aromatic N) is 1. The Morgan fingerprint density at radius 3 is 2.56 bits per heavy atom. The lowest BCUT2D eigenvalue weighted by molar-refractivity contribution is -0.120. The van der Waals surface area contributed by atoms with Crippen LogP contribution in [0.3, 0.4) is 0 Å². The van der Waals surface area contributed by atoms with Crippen molar-refractivity contribution in [3.63, 3.8) is 0 Å². The van der Waals surface area contributed by atoms with Crippen molar-refractivity contribution in [3.8, 4) is 17.2 Å². The molecule has 0 heterocycles. The summed E-state index contributed by atoms with van der Waals surface area (Å²) in [5.74, 6) is 0.103. The summed E-state index contributed by atoms with van der Waals surface area (Å²) in [5, 5.41) is 15.7. The monoisotopic (exact) mass is 435 g/mol. The molecule has 0 spiro atoms. The molecule has 2 aromatic rings. The van der Waals surface area contributed by atoms with Crippen LogP contribution in [0.4, 0.5) is 0 Å². The van der Waals surface area contributed by atoms with Gasteiger partial charge >= 0.3 is 0 Å². The largest absolute Gasteiger partial charge is 0.507 e. The molecule has 0 saturated heterocycles. The fourth-order valence-electron chi connectivity index (χ4n) is 2.06. The van der Waals surface area contributed by atoms with Gasteiger partial charge in [-0.3, -0.25) is 9.59 Å². The molecule has 0 radical (unpaired) electrons. The van der Waals surface area contributed by atoms with E-state index in [4.69, 9.17) is 9.47 Å². The van der Waals surface area contributed by atoms with Gasteiger partial charge < -0.3 is 19.9 Å². The van der Waals surface area contributed by atoms with Gasteiger partial charge in [0.25, 0.3) is 11.8 Å². The van der Waals surface area contributed by atoms with E-state index in [-0.39, 0.29) is 12.3 Å². The first-order valence-electron chi connectivity index (χ1n) is 7.75. The third kappa shape index (κ3) is 5.71. The minimum Gasteiger partial charge on any atom is -0.507 e. The number of benzene rings is 2. The van der Waals surface area contributed by atoms with Crippen molar-refractivity contribution in [1.29, 1.82) is 0 Å². The summed E-state index contributed by atoms with van der Waals surface area (Å²) in [6.45, 7) is -0.246. The molecule has 2 rings (SSSR count). The maximum absolute atomic E-state index is 12.1. The van der Waals surface area contributed by atoms with Crippen LogP contribution in [0.15, 0.2) is 46.0 Å². The van der Waals surface area contributed by atoms with Gasteiger partial charge in [-0.05, 0) is 57.9 Å². The summed E-state index contributed by atoms with van der Waals surface area (Å²) >= 11 is 3.19. The fraction of sp³-hybridized carbons (Fsp3) is 0.167. The number of aromatic hydroxyl groups is 1. The Morgan fingerprint density at radius 1 is 1.15 bits per heavy atom. The zero-order chi connectivity index (χ0) is 19.8. The van der Waals surface area contributed by atoms with Gasteiger partial charge in [0.05, 0.1) is 31.5 Å². The van der Waals surface area contributed by atoms with E-state index in [1.54, 1.807) is 24.3 Å². The van der Waals surface area contributed by atoms with Crippen LogP contribution in [0.2, 0.25) is 0 Å². The average Bonchev–Trinajstić information content (AvgIpc) is 2.68. The van der Waals surface area contributed by atoms with Crippen LogP contribution in [0, 0.1) is 0 Å². The molecular weight excluding hydrogens is 418 g/mol. The van der Waals surface area contributed by atoms with Gasteiger partial charge in [-0.2, -0.15) is 5.10 Å². The van der Waals surface area contributed by atoms with E-state index in [9.17, 15) is 14.7 Å². The predicted molar refractivity (Wildman–Crippen MR) is 103 cm³/mol. The van der Waals surface area contributed by atoms with Crippen LogP contribution in [-0.2, 0) is 4.79 Å². The standard InChI is InChI=1S/C18H18BrN3O5/c1-26-15-6-4-12(8-16(15)27-2)18(25)20-10-17(24)22-21-9-11-3-5-14(23)13(19)7-11/h3-9,23H,10H2,1-2H3,(H,20,25)(H,22,24). The van der Waals surface area contributed by atoms with E-state index < -0.39 is 11.8 Å². The van der Waals surface area contributed by atoms with E-state index in [1.165, 1.54) is 32.6 Å². The van der Waals surface area contributed by atoms with Gasteiger partial charge in [0.2, 0.25) is 0 Å². The summed E-state index contributed by atoms with van der Waals surface area (Å²) < 4.78 is 10.8. The highest BCUT2D eigenvalue weighted by molar-refractivity contribution is 9.10. The highest BCUT2D eigenvalue weighted by Crippen LogP contribution is 2.27. The van der Waals surface area contributed by atoms with Crippen LogP contribution in [0.5, 0.6) is 17.2 Å². The second-order valence-electron chi connectivity index (χ2n) is 5.26. The summed E-state index contributed by atoms with van der Waals surface area (Å²) in [6, 6.07) is 9.46. The van der Waals surface area contributed by atoms with Gasteiger partial charge in [0.15, 0.2) is 11.5 Å². The third-order valence-electron chi connectivity index (χ3n) is 3.43.